The summed E-state index contributed by atoms with van der Waals surface area (Å²) >= 11 is 7.33. The smallest absolute Gasteiger partial charge is 0.262 e. The van der Waals surface area contributed by atoms with E-state index in [1.54, 1.807) is 29.9 Å². The molecule has 3 rings (SSSR count). The van der Waals surface area contributed by atoms with Crippen LogP contribution in [0.2, 0.25) is 5.02 Å². The number of halogens is 1. The van der Waals surface area contributed by atoms with Gasteiger partial charge >= 0.3 is 0 Å². The summed E-state index contributed by atoms with van der Waals surface area (Å²) in [7, 11) is 1.62. The number of H-pyrrole nitrogens is 1. The number of thioether (sulfide) groups is 1. The normalized spacial score (nSPS) is 11.3. The van der Waals surface area contributed by atoms with Gasteiger partial charge in [0.15, 0.2) is 10.9 Å². The van der Waals surface area contributed by atoms with Crippen LogP contribution >= 0.6 is 23.4 Å². The molecule has 2 aromatic heterocycles. The van der Waals surface area contributed by atoms with E-state index in [1.165, 1.54) is 11.8 Å². The fourth-order valence-electron chi connectivity index (χ4n) is 3.07. The number of ketones is 1. The number of carbonyl (C=O) groups excluding carboxylic acids is 1. The highest BCUT2D eigenvalue weighted by Crippen LogP contribution is 2.22. The van der Waals surface area contributed by atoms with Gasteiger partial charge in [-0.2, -0.15) is 0 Å². The van der Waals surface area contributed by atoms with Crippen molar-refractivity contribution in [2.24, 2.45) is 0 Å². The van der Waals surface area contributed by atoms with Crippen LogP contribution in [-0.2, 0) is 11.3 Å². The number of Topliss-reactive ketones (excluding diaryl/α,β-unsaturated/α-hetero) is 1. The maximum Gasteiger partial charge on any atom is 0.262 e. The van der Waals surface area contributed by atoms with Crippen molar-refractivity contribution in [2.45, 2.75) is 32.0 Å². The molecule has 8 heteroatoms. The SMILES string of the molecule is COCCCn1c(SCC(=O)c2cc(C)[nH]c2C)nc2cc(Cl)ccc2c1=O. The molecule has 2 heterocycles. The summed E-state index contributed by atoms with van der Waals surface area (Å²) in [4.78, 5) is 33.3. The third-order valence-electron chi connectivity index (χ3n) is 4.39. The lowest BCUT2D eigenvalue weighted by molar-refractivity contribution is 0.102. The van der Waals surface area contributed by atoms with E-state index in [-0.39, 0.29) is 17.1 Å². The molecular weight excluding hydrogens is 398 g/mol. The quantitative estimate of drug-likeness (QED) is 0.258. The molecule has 0 spiro atoms. The van der Waals surface area contributed by atoms with Crippen molar-refractivity contribution in [3.63, 3.8) is 0 Å². The Morgan fingerprint density at radius 2 is 2.11 bits per heavy atom. The van der Waals surface area contributed by atoms with E-state index in [9.17, 15) is 9.59 Å². The number of nitrogens with one attached hydrogen (secondary N) is 1. The molecule has 0 saturated heterocycles. The first-order valence-corrected chi connectivity index (χ1v) is 10.3. The van der Waals surface area contributed by atoms with E-state index in [1.807, 2.05) is 19.9 Å². The summed E-state index contributed by atoms with van der Waals surface area (Å²) < 4.78 is 6.71. The standard InChI is InChI=1S/C20H22ClN3O3S/c1-12-9-16(13(2)22-12)18(25)11-28-20-23-17-10-14(21)5-6-15(17)19(26)24(20)7-4-8-27-3/h5-6,9-10,22H,4,7-8,11H2,1-3H3. The van der Waals surface area contributed by atoms with Crippen molar-refractivity contribution in [3.8, 4) is 0 Å². The van der Waals surface area contributed by atoms with Crippen molar-refractivity contribution >= 4 is 40.0 Å². The number of carbonyl (C=O) groups is 1. The van der Waals surface area contributed by atoms with Crippen molar-refractivity contribution in [2.75, 3.05) is 19.5 Å². The summed E-state index contributed by atoms with van der Waals surface area (Å²) in [6, 6.07) is 6.88. The summed E-state index contributed by atoms with van der Waals surface area (Å²) in [5, 5.41) is 1.53. The second kappa shape index (κ2) is 8.94. The Balaban J connectivity index is 1.93. The number of hydrogen-bond acceptors (Lipinski definition) is 5. The lowest BCUT2D eigenvalue weighted by Gasteiger charge is -2.13. The Labute approximate surface area is 172 Å². The highest BCUT2D eigenvalue weighted by Gasteiger charge is 2.16. The average Bonchev–Trinajstić information content (AvgIpc) is 3.00. The van der Waals surface area contributed by atoms with E-state index in [2.05, 4.69) is 9.97 Å². The zero-order chi connectivity index (χ0) is 20.3. The number of methoxy groups -OCH3 is 1. The zero-order valence-electron chi connectivity index (χ0n) is 16.0. The lowest BCUT2D eigenvalue weighted by Crippen LogP contribution is -2.24. The molecule has 0 fully saturated rings. The molecule has 148 valence electrons. The van der Waals surface area contributed by atoms with Gasteiger partial charge in [0, 0.05) is 42.2 Å². The number of benzene rings is 1. The van der Waals surface area contributed by atoms with Gasteiger partial charge < -0.3 is 9.72 Å². The molecule has 1 aromatic carbocycles. The van der Waals surface area contributed by atoms with Crippen molar-refractivity contribution in [1.29, 1.82) is 0 Å². The van der Waals surface area contributed by atoms with Crippen LogP contribution in [0.1, 0.15) is 28.2 Å². The van der Waals surface area contributed by atoms with Crippen LogP contribution in [0.4, 0.5) is 0 Å². The maximum absolute atomic E-state index is 13.0. The van der Waals surface area contributed by atoms with E-state index in [4.69, 9.17) is 16.3 Å². The maximum atomic E-state index is 13.0. The number of ether oxygens (including phenoxy) is 1. The molecule has 0 amide bonds. The average molecular weight is 420 g/mol. The molecule has 3 aromatic rings. The fraction of sp³-hybridized carbons (Fsp3) is 0.350. The minimum absolute atomic E-state index is 0.00395. The summed E-state index contributed by atoms with van der Waals surface area (Å²) in [6.07, 6.45) is 0.675. The van der Waals surface area contributed by atoms with Crippen molar-refractivity contribution in [3.05, 3.63) is 56.6 Å². The van der Waals surface area contributed by atoms with Gasteiger partial charge in [-0.3, -0.25) is 14.2 Å². The molecule has 6 nitrogen and oxygen atoms in total. The summed E-state index contributed by atoms with van der Waals surface area (Å²) in [5.41, 5.74) is 2.85. The van der Waals surface area contributed by atoms with E-state index >= 15 is 0 Å². The Morgan fingerprint density at radius 1 is 1.32 bits per heavy atom. The fourth-order valence-corrected chi connectivity index (χ4v) is 4.14. The number of aromatic amines is 1. The van der Waals surface area contributed by atoms with E-state index in [0.717, 1.165) is 11.4 Å². The number of rotatable bonds is 8. The van der Waals surface area contributed by atoms with Gasteiger partial charge in [-0.1, -0.05) is 23.4 Å². The first-order valence-electron chi connectivity index (χ1n) is 8.92. The van der Waals surface area contributed by atoms with Gasteiger partial charge in [0.1, 0.15) is 0 Å². The van der Waals surface area contributed by atoms with Crippen LogP contribution in [-0.4, -0.2) is 39.8 Å². The Kier molecular flexibility index (Phi) is 6.59. The molecule has 28 heavy (non-hydrogen) atoms. The summed E-state index contributed by atoms with van der Waals surface area (Å²) in [5.74, 6) is 0.191. The molecule has 0 aliphatic rings. The molecule has 0 bridgehead atoms. The van der Waals surface area contributed by atoms with E-state index in [0.29, 0.717) is 46.2 Å². The monoisotopic (exact) mass is 419 g/mol. The Hall–Kier alpha value is -2.09. The first kappa shape index (κ1) is 20.6. The van der Waals surface area contributed by atoms with Gasteiger partial charge in [-0.15, -0.1) is 0 Å². The predicted octanol–water partition coefficient (Wildman–Crippen LogP) is 4.01. The highest BCUT2D eigenvalue weighted by molar-refractivity contribution is 7.99. The zero-order valence-corrected chi connectivity index (χ0v) is 17.6. The number of fused-ring (bicyclic) bond motifs is 1. The number of nitrogens with zero attached hydrogens (tertiary/aromatic N) is 2. The lowest BCUT2D eigenvalue weighted by atomic mass is 10.2. The molecular formula is C20H22ClN3O3S. The Morgan fingerprint density at radius 3 is 2.79 bits per heavy atom. The second-order valence-electron chi connectivity index (χ2n) is 6.56. The van der Waals surface area contributed by atoms with Crippen LogP contribution in [0.5, 0.6) is 0 Å². The summed E-state index contributed by atoms with van der Waals surface area (Å²) in [6.45, 7) is 4.80. The minimum Gasteiger partial charge on any atom is -0.385 e. The van der Waals surface area contributed by atoms with Crippen LogP contribution in [0.15, 0.2) is 34.2 Å². The van der Waals surface area contributed by atoms with Crippen molar-refractivity contribution in [1.82, 2.24) is 14.5 Å². The third kappa shape index (κ3) is 4.48. The van der Waals surface area contributed by atoms with Crippen LogP contribution in [0, 0.1) is 13.8 Å². The molecule has 0 saturated carbocycles. The number of aromatic nitrogens is 3. The largest absolute Gasteiger partial charge is 0.385 e. The number of aryl methyl sites for hydroxylation is 2. The third-order valence-corrected chi connectivity index (χ3v) is 5.61. The van der Waals surface area contributed by atoms with Gasteiger partial charge in [0.2, 0.25) is 0 Å². The Bertz CT molecular complexity index is 1070. The number of hydrogen-bond donors (Lipinski definition) is 1. The second-order valence-corrected chi connectivity index (χ2v) is 7.94. The molecule has 0 radical (unpaired) electrons. The molecule has 1 N–H and O–H groups in total. The molecule has 0 atom stereocenters. The molecule has 0 aliphatic carbocycles. The van der Waals surface area contributed by atoms with Gasteiger partial charge in [0.05, 0.1) is 16.7 Å². The molecule has 0 aliphatic heterocycles. The molecule has 0 unspecified atom stereocenters. The minimum atomic E-state index is -0.138. The highest BCUT2D eigenvalue weighted by atomic mass is 35.5. The topological polar surface area (TPSA) is 77.0 Å². The predicted molar refractivity (Wildman–Crippen MR) is 113 cm³/mol. The van der Waals surface area contributed by atoms with E-state index < -0.39 is 0 Å². The van der Waals surface area contributed by atoms with Gasteiger partial charge in [-0.05, 0) is 44.5 Å². The van der Waals surface area contributed by atoms with Crippen LogP contribution in [0.3, 0.4) is 0 Å². The van der Waals surface area contributed by atoms with Crippen molar-refractivity contribution < 1.29 is 9.53 Å². The van der Waals surface area contributed by atoms with Crippen LogP contribution in [0.25, 0.3) is 10.9 Å². The van der Waals surface area contributed by atoms with Gasteiger partial charge in [-0.25, -0.2) is 4.98 Å². The van der Waals surface area contributed by atoms with Crippen LogP contribution < -0.4 is 5.56 Å². The van der Waals surface area contributed by atoms with Gasteiger partial charge in [0.25, 0.3) is 5.56 Å². The first-order chi connectivity index (χ1) is 13.4.